The third-order valence-corrected chi connectivity index (χ3v) is 1.84. The van der Waals surface area contributed by atoms with Gasteiger partial charge in [-0.1, -0.05) is 0 Å². The first-order valence-electron chi connectivity index (χ1n) is 3.50. The number of ether oxygens (including phenoxy) is 1. The van der Waals surface area contributed by atoms with Crippen LogP contribution < -0.4 is 0 Å². The molecule has 12 heavy (non-hydrogen) atoms. The SMILES string of the molecule is [CH2]C1OC(C#N)C(O)C(O)C1O. The van der Waals surface area contributed by atoms with Gasteiger partial charge in [0.2, 0.25) is 0 Å². The van der Waals surface area contributed by atoms with Crippen LogP contribution in [0.4, 0.5) is 0 Å². The summed E-state index contributed by atoms with van der Waals surface area (Å²) >= 11 is 0. The van der Waals surface area contributed by atoms with Crippen LogP contribution in [0.2, 0.25) is 0 Å². The fourth-order valence-corrected chi connectivity index (χ4v) is 1.06. The van der Waals surface area contributed by atoms with Gasteiger partial charge in [-0.05, 0) is 6.92 Å². The van der Waals surface area contributed by atoms with E-state index in [1.165, 1.54) is 0 Å². The zero-order chi connectivity index (χ0) is 9.30. The average molecular weight is 172 g/mol. The molecule has 1 aliphatic rings. The van der Waals surface area contributed by atoms with Gasteiger partial charge in [-0.25, -0.2) is 0 Å². The molecule has 1 radical (unpaired) electrons. The molecule has 1 saturated heterocycles. The molecule has 5 heteroatoms. The van der Waals surface area contributed by atoms with Gasteiger partial charge in [0.1, 0.15) is 18.3 Å². The Labute approximate surface area is 69.8 Å². The first kappa shape index (κ1) is 9.42. The van der Waals surface area contributed by atoms with Gasteiger partial charge in [0.25, 0.3) is 0 Å². The quantitative estimate of drug-likeness (QED) is 0.400. The van der Waals surface area contributed by atoms with Gasteiger partial charge >= 0.3 is 0 Å². The average Bonchev–Trinajstić information content (AvgIpc) is 2.08. The molecular formula is C7H10NO4. The van der Waals surface area contributed by atoms with E-state index in [-0.39, 0.29) is 0 Å². The lowest BCUT2D eigenvalue weighted by atomic mass is 9.96. The zero-order valence-corrected chi connectivity index (χ0v) is 6.29. The molecule has 1 heterocycles. The second-order valence-electron chi connectivity index (χ2n) is 2.70. The smallest absolute Gasteiger partial charge is 0.172 e. The highest BCUT2D eigenvalue weighted by Gasteiger charge is 2.41. The molecule has 0 aromatic rings. The molecule has 0 aliphatic carbocycles. The van der Waals surface area contributed by atoms with Gasteiger partial charge in [0, 0.05) is 0 Å². The fourth-order valence-electron chi connectivity index (χ4n) is 1.06. The molecular weight excluding hydrogens is 162 g/mol. The van der Waals surface area contributed by atoms with Crippen molar-refractivity contribution in [3.05, 3.63) is 6.92 Å². The number of aliphatic hydroxyl groups is 3. The summed E-state index contributed by atoms with van der Waals surface area (Å²) in [5, 5.41) is 35.8. The normalized spacial score (nSPS) is 48.4. The van der Waals surface area contributed by atoms with E-state index in [1.54, 1.807) is 6.07 Å². The molecule has 0 saturated carbocycles. The number of nitriles is 1. The maximum Gasteiger partial charge on any atom is 0.172 e. The summed E-state index contributed by atoms with van der Waals surface area (Å²) in [7, 11) is 0. The summed E-state index contributed by atoms with van der Waals surface area (Å²) in [6, 6.07) is 1.65. The van der Waals surface area contributed by atoms with Crippen LogP contribution >= 0.6 is 0 Å². The lowest BCUT2D eigenvalue weighted by molar-refractivity contribution is -0.194. The maximum atomic E-state index is 9.15. The van der Waals surface area contributed by atoms with E-state index in [1.807, 2.05) is 0 Å². The van der Waals surface area contributed by atoms with Gasteiger partial charge < -0.3 is 20.1 Å². The molecule has 0 aromatic heterocycles. The maximum absolute atomic E-state index is 9.15. The highest BCUT2D eigenvalue weighted by molar-refractivity contribution is 5.01. The minimum Gasteiger partial charge on any atom is -0.388 e. The number of nitrogens with zero attached hydrogens (tertiary/aromatic N) is 1. The van der Waals surface area contributed by atoms with E-state index in [9.17, 15) is 0 Å². The van der Waals surface area contributed by atoms with Crippen molar-refractivity contribution in [3.63, 3.8) is 0 Å². The highest BCUT2D eigenvalue weighted by Crippen LogP contribution is 2.19. The molecule has 0 amide bonds. The Bertz CT molecular complexity index is 202. The van der Waals surface area contributed by atoms with E-state index in [2.05, 4.69) is 6.92 Å². The van der Waals surface area contributed by atoms with E-state index >= 15 is 0 Å². The van der Waals surface area contributed by atoms with Crippen LogP contribution in [0.3, 0.4) is 0 Å². The van der Waals surface area contributed by atoms with Gasteiger partial charge in [0.05, 0.1) is 12.2 Å². The van der Waals surface area contributed by atoms with Crippen molar-refractivity contribution in [2.45, 2.75) is 30.5 Å². The lowest BCUT2D eigenvalue weighted by Crippen LogP contribution is -2.56. The number of aliphatic hydroxyl groups excluding tert-OH is 3. The zero-order valence-electron chi connectivity index (χ0n) is 6.29. The summed E-state index contributed by atoms with van der Waals surface area (Å²) in [4.78, 5) is 0. The number of hydrogen-bond acceptors (Lipinski definition) is 5. The topological polar surface area (TPSA) is 93.7 Å². The van der Waals surface area contributed by atoms with Crippen molar-refractivity contribution < 1.29 is 20.1 Å². The fraction of sp³-hybridized carbons (Fsp3) is 0.714. The summed E-state index contributed by atoms with van der Waals surface area (Å²) in [5.41, 5.74) is 0. The summed E-state index contributed by atoms with van der Waals surface area (Å²) in [6.45, 7) is 3.37. The van der Waals surface area contributed by atoms with Gasteiger partial charge in [0.15, 0.2) is 6.10 Å². The van der Waals surface area contributed by atoms with Gasteiger partial charge in [-0.2, -0.15) is 5.26 Å². The molecule has 0 spiro atoms. The third-order valence-electron chi connectivity index (χ3n) is 1.84. The van der Waals surface area contributed by atoms with Gasteiger partial charge in [-0.15, -0.1) is 0 Å². The molecule has 67 valence electrons. The van der Waals surface area contributed by atoms with Crippen LogP contribution in [0, 0.1) is 18.3 Å². The molecule has 5 atom stereocenters. The Morgan fingerprint density at radius 1 is 1.17 bits per heavy atom. The van der Waals surface area contributed by atoms with Crippen molar-refractivity contribution in [1.82, 2.24) is 0 Å². The second kappa shape index (κ2) is 3.37. The molecule has 1 fully saturated rings. The monoisotopic (exact) mass is 172 g/mol. The Balaban J connectivity index is 2.72. The molecule has 0 aromatic carbocycles. The molecule has 1 aliphatic heterocycles. The van der Waals surface area contributed by atoms with Crippen molar-refractivity contribution in [2.24, 2.45) is 0 Å². The van der Waals surface area contributed by atoms with Crippen molar-refractivity contribution in [2.75, 3.05) is 0 Å². The minimum absolute atomic E-state index is 0.881. The van der Waals surface area contributed by atoms with Crippen LogP contribution in [-0.2, 0) is 4.74 Å². The molecule has 3 N–H and O–H groups in total. The second-order valence-corrected chi connectivity index (χ2v) is 2.70. The van der Waals surface area contributed by atoms with Crippen LogP contribution in [0.25, 0.3) is 0 Å². The molecule has 0 bridgehead atoms. The van der Waals surface area contributed by atoms with Crippen LogP contribution in [-0.4, -0.2) is 45.8 Å². The predicted octanol–water partition coefficient (Wildman–Crippen LogP) is -1.81. The minimum atomic E-state index is -1.37. The van der Waals surface area contributed by atoms with Crippen molar-refractivity contribution >= 4 is 0 Å². The largest absolute Gasteiger partial charge is 0.388 e. The van der Waals surface area contributed by atoms with Gasteiger partial charge in [-0.3, -0.25) is 0 Å². The summed E-state index contributed by atoms with van der Waals surface area (Å²) in [5.74, 6) is 0. The Morgan fingerprint density at radius 2 is 1.75 bits per heavy atom. The van der Waals surface area contributed by atoms with Crippen molar-refractivity contribution in [3.8, 4) is 6.07 Å². The predicted molar refractivity (Wildman–Crippen MR) is 37.7 cm³/mol. The van der Waals surface area contributed by atoms with E-state index in [4.69, 9.17) is 25.3 Å². The van der Waals surface area contributed by atoms with Crippen LogP contribution in [0.15, 0.2) is 0 Å². The Kier molecular flexibility index (Phi) is 2.65. The first-order chi connectivity index (χ1) is 5.57. The standard InChI is InChI=1S/C7H10NO4/c1-3-5(9)7(11)6(10)4(2-8)12-3/h3-7,9-11H,1H2. The highest BCUT2D eigenvalue weighted by atomic mass is 16.5. The van der Waals surface area contributed by atoms with Crippen LogP contribution in [0.5, 0.6) is 0 Å². The lowest BCUT2D eigenvalue weighted by Gasteiger charge is -2.36. The third kappa shape index (κ3) is 1.42. The van der Waals surface area contributed by atoms with E-state index in [0.29, 0.717) is 0 Å². The summed E-state index contributed by atoms with van der Waals surface area (Å²) < 4.78 is 4.80. The van der Waals surface area contributed by atoms with Crippen LogP contribution in [0.1, 0.15) is 0 Å². The van der Waals surface area contributed by atoms with E-state index in [0.717, 1.165) is 0 Å². The summed E-state index contributed by atoms with van der Waals surface area (Å²) in [6.07, 6.45) is -5.99. The molecule has 1 rings (SSSR count). The first-order valence-corrected chi connectivity index (χ1v) is 3.50. The molecule has 5 nitrogen and oxygen atoms in total. The van der Waals surface area contributed by atoms with Crippen molar-refractivity contribution in [1.29, 1.82) is 5.26 Å². The Hall–Kier alpha value is -0.670. The van der Waals surface area contributed by atoms with E-state index < -0.39 is 30.5 Å². The number of rotatable bonds is 0. The number of hydrogen-bond donors (Lipinski definition) is 3. The Morgan fingerprint density at radius 3 is 2.25 bits per heavy atom. The molecule has 5 unspecified atom stereocenters.